The van der Waals surface area contributed by atoms with Crippen LogP contribution in [0.15, 0.2) is 47.4 Å². The van der Waals surface area contributed by atoms with Crippen molar-refractivity contribution >= 4 is 22.5 Å². The summed E-state index contributed by atoms with van der Waals surface area (Å²) in [4.78, 5) is 1.35. The first-order valence-electron chi connectivity index (χ1n) is 5.59. The molecule has 84 valence electrons. The standard InChI is InChI=1S/C14H17NS/c1-11(10-15-2)16-14-8-7-12-5-3-4-6-13(12)9-14/h3-9,11,15H,10H2,1-2H3. The van der Waals surface area contributed by atoms with Gasteiger partial charge in [0.1, 0.15) is 0 Å². The van der Waals surface area contributed by atoms with E-state index in [1.54, 1.807) is 0 Å². The van der Waals surface area contributed by atoms with Crippen LogP contribution in [0.2, 0.25) is 0 Å². The topological polar surface area (TPSA) is 12.0 Å². The van der Waals surface area contributed by atoms with Gasteiger partial charge in [0, 0.05) is 16.7 Å². The highest BCUT2D eigenvalue weighted by molar-refractivity contribution is 8.00. The van der Waals surface area contributed by atoms with Crippen LogP contribution < -0.4 is 5.32 Å². The fraction of sp³-hybridized carbons (Fsp3) is 0.286. The van der Waals surface area contributed by atoms with Crippen molar-refractivity contribution in [3.8, 4) is 0 Å². The number of benzene rings is 2. The van der Waals surface area contributed by atoms with Gasteiger partial charge in [0.15, 0.2) is 0 Å². The van der Waals surface area contributed by atoms with Crippen LogP contribution in [0.4, 0.5) is 0 Å². The van der Waals surface area contributed by atoms with Crippen molar-refractivity contribution in [2.45, 2.75) is 17.1 Å². The summed E-state index contributed by atoms with van der Waals surface area (Å²) in [5.74, 6) is 0. The summed E-state index contributed by atoms with van der Waals surface area (Å²) in [7, 11) is 2.00. The van der Waals surface area contributed by atoms with Crippen LogP contribution in [0.1, 0.15) is 6.92 Å². The highest BCUT2D eigenvalue weighted by Crippen LogP contribution is 2.26. The molecule has 0 spiro atoms. The van der Waals surface area contributed by atoms with Gasteiger partial charge in [-0.15, -0.1) is 11.8 Å². The molecule has 0 aliphatic heterocycles. The van der Waals surface area contributed by atoms with Crippen molar-refractivity contribution in [3.63, 3.8) is 0 Å². The molecule has 1 unspecified atom stereocenters. The van der Waals surface area contributed by atoms with Gasteiger partial charge in [-0.05, 0) is 30.0 Å². The average Bonchev–Trinajstić information content (AvgIpc) is 2.29. The van der Waals surface area contributed by atoms with Crippen molar-refractivity contribution in [1.29, 1.82) is 0 Å². The van der Waals surface area contributed by atoms with Crippen LogP contribution in [0.3, 0.4) is 0 Å². The molecule has 0 fully saturated rings. The number of rotatable bonds is 4. The molecule has 0 saturated carbocycles. The first-order valence-corrected chi connectivity index (χ1v) is 6.47. The van der Waals surface area contributed by atoms with E-state index in [2.05, 4.69) is 54.7 Å². The van der Waals surface area contributed by atoms with Crippen LogP contribution in [-0.4, -0.2) is 18.8 Å². The zero-order chi connectivity index (χ0) is 11.4. The molecule has 2 rings (SSSR count). The summed E-state index contributed by atoms with van der Waals surface area (Å²) < 4.78 is 0. The first kappa shape index (κ1) is 11.5. The molecular weight excluding hydrogens is 214 g/mol. The van der Waals surface area contributed by atoms with E-state index in [4.69, 9.17) is 0 Å². The first-order chi connectivity index (χ1) is 7.79. The lowest BCUT2D eigenvalue weighted by Gasteiger charge is -2.10. The minimum Gasteiger partial charge on any atom is -0.319 e. The highest BCUT2D eigenvalue weighted by atomic mass is 32.2. The summed E-state index contributed by atoms with van der Waals surface area (Å²) in [5, 5.41) is 6.44. The van der Waals surface area contributed by atoms with Crippen molar-refractivity contribution in [1.82, 2.24) is 5.32 Å². The van der Waals surface area contributed by atoms with Gasteiger partial charge < -0.3 is 5.32 Å². The summed E-state index contributed by atoms with van der Waals surface area (Å²) in [6.07, 6.45) is 0. The Morgan fingerprint density at radius 1 is 1.12 bits per heavy atom. The van der Waals surface area contributed by atoms with Crippen molar-refractivity contribution in [3.05, 3.63) is 42.5 Å². The Morgan fingerprint density at radius 3 is 2.62 bits per heavy atom. The van der Waals surface area contributed by atoms with Gasteiger partial charge in [-0.3, -0.25) is 0 Å². The molecule has 0 saturated heterocycles. The quantitative estimate of drug-likeness (QED) is 0.808. The van der Waals surface area contributed by atoms with Crippen molar-refractivity contribution in [2.24, 2.45) is 0 Å². The van der Waals surface area contributed by atoms with E-state index < -0.39 is 0 Å². The summed E-state index contributed by atoms with van der Waals surface area (Å²) in [6, 6.07) is 15.2. The van der Waals surface area contributed by atoms with Gasteiger partial charge in [0.05, 0.1) is 0 Å². The number of hydrogen-bond acceptors (Lipinski definition) is 2. The van der Waals surface area contributed by atoms with E-state index in [0.29, 0.717) is 5.25 Å². The number of hydrogen-bond donors (Lipinski definition) is 1. The van der Waals surface area contributed by atoms with Crippen molar-refractivity contribution in [2.75, 3.05) is 13.6 Å². The molecule has 1 atom stereocenters. The molecule has 16 heavy (non-hydrogen) atoms. The molecule has 0 radical (unpaired) electrons. The smallest absolute Gasteiger partial charge is 0.0191 e. The van der Waals surface area contributed by atoms with Gasteiger partial charge >= 0.3 is 0 Å². The zero-order valence-electron chi connectivity index (χ0n) is 9.73. The molecule has 2 aromatic rings. The lowest BCUT2D eigenvalue weighted by atomic mass is 10.1. The van der Waals surface area contributed by atoms with E-state index in [1.807, 2.05) is 18.8 Å². The normalized spacial score (nSPS) is 12.9. The molecule has 2 aromatic carbocycles. The maximum atomic E-state index is 3.20. The SMILES string of the molecule is CNCC(C)Sc1ccc2ccccc2c1. The number of fused-ring (bicyclic) bond motifs is 1. The molecule has 0 aliphatic carbocycles. The Balaban J connectivity index is 2.19. The molecule has 0 aliphatic rings. The van der Waals surface area contributed by atoms with Crippen LogP contribution in [-0.2, 0) is 0 Å². The molecule has 0 heterocycles. The molecular formula is C14H17NS. The molecule has 2 heteroatoms. The largest absolute Gasteiger partial charge is 0.319 e. The minimum atomic E-state index is 0.603. The van der Waals surface area contributed by atoms with Crippen LogP contribution in [0, 0.1) is 0 Å². The fourth-order valence-corrected chi connectivity index (χ4v) is 2.86. The number of nitrogens with one attached hydrogen (secondary N) is 1. The minimum absolute atomic E-state index is 0.603. The predicted octanol–water partition coefficient (Wildman–Crippen LogP) is 3.54. The average molecular weight is 231 g/mol. The lowest BCUT2D eigenvalue weighted by molar-refractivity contribution is 0.785. The Labute approximate surface area is 101 Å². The van der Waals surface area contributed by atoms with E-state index >= 15 is 0 Å². The Bertz CT molecular complexity index is 467. The van der Waals surface area contributed by atoms with E-state index in [0.717, 1.165) is 6.54 Å². The predicted molar refractivity (Wildman–Crippen MR) is 73.2 cm³/mol. The maximum Gasteiger partial charge on any atom is 0.0191 e. The van der Waals surface area contributed by atoms with E-state index in [-0.39, 0.29) is 0 Å². The van der Waals surface area contributed by atoms with Crippen LogP contribution in [0.5, 0.6) is 0 Å². The zero-order valence-corrected chi connectivity index (χ0v) is 10.6. The van der Waals surface area contributed by atoms with Crippen molar-refractivity contribution < 1.29 is 0 Å². The summed E-state index contributed by atoms with van der Waals surface area (Å²) >= 11 is 1.92. The second-order valence-electron chi connectivity index (χ2n) is 4.00. The maximum absolute atomic E-state index is 3.20. The third-order valence-electron chi connectivity index (χ3n) is 2.55. The van der Waals surface area contributed by atoms with Gasteiger partial charge in [-0.1, -0.05) is 37.3 Å². The lowest BCUT2D eigenvalue weighted by Crippen LogP contribution is -2.17. The summed E-state index contributed by atoms with van der Waals surface area (Å²) in [5.41, 5.74) is 0. The molecule has 0 aromatic heterocycles. The third-order valence-corrected chi connectivity index (χ3v) is 3.64. The fourth-order valence-electron chi connectivity index (χ4n) is 1.80. The molecule has 1 N–H and O–H groups in total. The Hall–Kier alpha value is -0.990. The Morgan fingerprint density at radius 2 is 1.88 bits per heavy atom. The van der Waals surface area contributed by atoms with Gasteiger partial charge in [-0.2, -0.15) is 0 Å². The van der Waals surface area contributed by atoms with Crippen LogP contribution >= 0.6 is 11.8 Å². The summed E-state index contributed by atoms with van der Waals surface area (Å²) in [6.45, 7) is 3.29. The van der Waals surface area contributed by atoms with E-state index in [1.165, 1.54) is 15.7 Å². The van der Waals surface area contributed by atoms with Gasteiger partial charge in [-0.25, -0.2) is 0 Å². The van der Waals surface area contributed by atoms with Crippen LogP contribution in [0.25, 0.3) is 10.8 Å². The number of thioether (sulfide) groups is 1. The second kappa shape index (κ2) is 5.37. The third kappa shape index (κ3) is 2.77. The van der Waals surface area contributed by atoms with E-state index in [9.17, 15) is 0 Å². The monoisotopic (exact) mass is 231 g/mol. The molecule has 0 bridgehead atoms. The highest BCUT2D eigenvalue weighted by Gasteiger charge is 2.03. The second-order valence-corrected chi connectivity index (χ2v) is 5.51. The molecule has 0 amide bonds. The molecule has 1 nitrogen and oxygen atoms in total. The van der Waals surface area contributed by atoms with Gasteiger partial charge in [0.25, 0.3) is 0 Å². The van der Waals surface area contributed by atoms with Gasteiger partial charge in [0.2, 0.25) is 0 Å². The Kier molecular flexibility index (Phi) is 3.86.